The maximum absolute atomic E-state index is 14.0. The molecule has 0 aliphatic rings. The fourth-order valence-corrected chi connectivity index (χ4v) is 2.99. The fourth-order valence-electron chi connectivity index (χ4n) is 2.28. The molecule has 102 valence electrons. The van der Waals surface area contributed by atoms with Gasteiger partial charge in [-0.3, -0.25) is 0 Å². The molecule has 1 heterocycles. The van der Waals surface area contributed by atoms with Crippen molar-refractivity contribution in [3.05, 3.63) is 58.0 Å². The zero-order valence-corrected chi connectivity index (χ0v) is 11.5. The fraction of sp³-hybridized carbons (Fsp3) is 0.333. The van der Waals surface area contributed by atoms with Crippen LogP contribution in [0.3, 0.4) is 0 Å². The highest BCUT2D eigenvalue weighted by Gasteiger charge is 2.32. The summed E-state index contributed by atoms with van der Waals surface area (Å²) in [6.07, 6.45) is 1.44. The zero-order valence-electron chi connectivity index (χ0n) is 10.7. The predicted octanol–water partition coefficient (Wildman–Crippen LogP) is 2.71. The molecular weight excluding hydrogens is 261 g/mol. The molecule has 19 heavy (non-hydrogen) atoms. The molecule has 0 aliphatic carbocycles. The van der Waals surface area contributed by atoms with Crippen LogP contribution in [0.25, 0.3) is 0 Å². The highest BCUT2D eigenvalue weighted by Crippen LogP contribution is 2.31. The van der Waals surface area contributed by atoms with E-state index in [2.05, 4.69) is 0 Å². The second kappa shape index (κ2) is 6.28. The van der Waals surface area contributed by atoms with Gasteiger partial charge in [-0.05, 0) is 35.9 Å². The molecule has 1 aromatic heterocycles. The molecule has 0 amide bonds. The van der Waals surface area contributed by atoms with Gasteiger partial charge < -0.3 is 10.8 Å². The van der Waals surface area contributed by atoms with Crippen LogP contribution in [0, 0.1) is 5.82 Å². The van der Waals surface area contributed by atoms with Gasteiger partial charge in [0, 0.05) is 16.8 Å². The van der Waals surface area contributed by atoms with Crippen LogP contribution in [0.2, 0.25) is 0 Å². The van der Waals surface area contributed by atoms with Gasteiger partial charge in [0.05, 0.1) is 6.61 Å². The quantitative estimate of drug-likeness (QED) is 0.854. The lowest BCUT2D eigenvalue weighted by atomic mass is 9.77. The van der Waals surface area contributed by atoms with Crippen molar-refractivity contribution in [1.82, 2.24) is 0 Å². The largest absolute Gasteiger partial charge is 0.395 e. The first kappa shape index (κ1) is 14.2. The molecule has 0 saturated carbocycles. The van der Waals surface area contributed by atoms with E-state index >= 15 is 0 Å². The number of hydrogen-bond donors (Lipinski definition) is 2. The Morgan fingerprint density at radius 1 is 1.21 bits per heavy atom. The molecular formula is C15H18FNOS. The third-order valence-electron chi connectivity index (χ3n) is 3.57. The monoisotopic (exact) mass is 279 g/mol. The van der Waals surface area contributed by atoms with Crippen molar-refractivity contribution < 1.29 is 9.50 Å². The van der Waals surface area contributed by atoms with E-state index in [1.54, 1.807) is 29.5 Å². The molecule has 4 heteroatoms. The Bertz CT molecular complexity index is 509. The van der Waals surface area contributed by atoms with E-state index in [0.717, 1.165) is 6.42 Å². The van der Waals surface area contributed by atoms with E-state index in [1.165, 1.54) is 10.9 Å². The number of benzene rings is 1. The summed E-state index contributed by atoms with van der Waals surface area (Å²) >= 11 is 1.67. The normalized spacial score (nSPS) is 14.3. The lowest BCUT2D eigenvalue weighted by molar-refractivity contribution is 0.184. The molecule has 0 bridgehead atoms. The van der Waals surface area contributed by atoms with Gasteiger partial charge in [-0.25, -0.2) is 4.39 Å². The minimum absolute atomic E-state index is 0.143. The second-order valence-electron chi connectivity index (χ2n) is 4.70. The van der Waals surface area contributed by atoms with Gasteiger partial charge in [-0.1, -0.05) is 24.3 Å². The van der Waals surface area contributed by atoms with Crippen molar-refractivity contribution in [1.29, 1.82) is 0 Å². The summed E-state index contributed by atoms with van der Waals surface area (Å²) in [6.45, 7) is 0.0889. The third-order valence-corrected chi connectivity index (χ3v) is 4.50. The van der Waals surface area contributed by atoms with Crippen molar-refractivity contribution in [2.45, 2.75) is 18.3 Å². The Balaban J connectivity index is 2.24. The summed E-state index contributed by atoms with van der Waals surface area (Å²) in [7, 11) is 0. The first-order valence-corrected chi connectivity index (χ1v) is 7.18. The molecule has 0 aliphatic heterocycles. The Hall–Kier alpha value is -1.23. The number of aliphatic hydroxyl groups excluding tert-OH is 1. The molecule has 0 radical (unpaired) electrons. The summed E-state index contributed by atoms with van der Waals surface area (Å²) < 4.78 is 14.0. The van der Waals surface area contributed by atoms with Gasteiger partial charge in [-0.15, -0.1) is 11.3 Å². The van der Waals surface area contributed by atoms with Crippen molar-refractivity contribution in [3.63, 3.8) is 0 Å². The van der Waals surface area contributed by atoms with Crippen LogP contribution in [0.15, 0.2) is 41.8 Å². The number of halogens is 1. The van der Waals surface area contributed by atoms with Crippen LogP contribution >= 0.6 is 11.3 Å². The van der Waals surface area contributed by atoms with E-state index in [-0.39, 0.29) is 19.0 Å². The van der Waals surface area contributed by atoms with Gasteiger partial charge in [0.25, 0.3) is 0 Å². The van der Waals surface area contributed by atoms with Crippen molar-refractivity contribution >= 4 is 11.3 Å². The minimum Gasteiger partial charge on any atom is -0.395 e. The molecule has 1 aromatic carbocycles. The van der Waals surface area contributed by atoms with Gasteiger partial charge in [0.1, 0.15) is 5.82 Å². The van der Waals surface area contributed by atoms with Crippen LogP contribution in [-0.2, 0) is 11.8 Å². The van der Waals surface area contributed by atoms with Crippen LogP contribution < -0.4 is 5.73 Å². The van der Waals surface area contributed by atoms with Gasteiger partial charge in [0.2, 0.25) is 0 Å². The number of hydrogen-bond acceptors (Lipinski definition) is 3. The van der Waals surface area contributed by atoms with E-state index in [0.29, 0.717) is 12.0 Å². The number of thiophene rings is 1. The van der Waals surface area contributed by atoms with Crippen molar-refractivity contribution in [2.75, 3.05) is 13.2 Å². The molecule has 2 aromatic rings. The molecule has 0 spiro atoms. The van der Waals surface area contributed by atoms with Crippen LogP contribution in [0.1, 0.15) is 16.9 Å². The Kier molecular flexibility index (Phi) is 4.69. The van der Waals surface area contributed by atoms with E-state index in [1.807, 2.05) is 17.5 Å². The Morgan fingerprint density at radius 2 is 2.00 bits per heavy atom. The zero-order chi connectivity index (χ0) is 13.7. The highest BCUT2D eigenvalue weighted by molar-refractivity contribution is 7.09. The highest BCUT2D eigenvalue weighted by atomic mass is 32.1. The third kappa shape index (κ3) is 3.03. The van der Waals surface area contributed by atoms with Gasteiger partial charge in [-0.2, -0.15) is 0 Å². The molecule has 1 atom stereocenters. The lowest BCUT2D eigenvalue weighted by Crippen LogP contribution is -2.40. The standard InChI is InChI=1S/C15H18FNOS/c16-14-6-2-1-5-13(14)15(10-17,11-18)8-7-12-4-3-9-19-12/h1-6,9,18H,7-8,10-11,17H2. The maximum Gasteiger partial charge on any atom is 0.127 e. The Morgan fingerprint density at radius 3 is 2.58 bits per heavy atom. The van der Waals surface area contributed by atoms with E-state index in [4.69, 9.17) is 5.73 Å². The predicted molar refractivity (Wildman–Crippen MR) is 76.9 cm³/mol. The van der Waals surface area contributed by atoms with Crippen LogP contribution in [0.4, 0.5) is 4.39 Å². The van der Waals surface area contributed by atoms with Crippen LogP contribution in [0.5, 0.6) is 0 Å². The van der Waals surface area contributed by atoms with Crippen molar-refractivity contribution in [2.24, 2.45) is 5.73 Å². The topological polar surface area (TPSA) is 46.2 Å². The van der Waals surface area contributed by atoms with Gasteiger partial charge in [0.15, 0.2) is 0 Å². The minimum atomic E-state index is -0.699. The molecule has 1 unspecified atom stereocenters. The summed E-state index contributed by atoms with van der Waals surface area (Å²) in [6, 6.07) is 10.6. The van der Waals surface area contributed by atoms with E-state index < -0.39 is 5.41 Å². The average Bonchev–Trinajstić information content (AvgIpc) is 2.95. The second-order valence-corrected chi connectivity index (χ2v) is 5.73. The maximum atomic E-state index is 14.0. The molecule has 2 rings (SSSR count). The number of nitrogens with two attached hydrogens (primary N) is 1. The van der Waals surface area contributed by atoms with Crippen LogP contribution in [-0.4, -0.2) is 18.3 Å². The van der Waals surface area contributed by atoms with E-state index in [9.17, 15) is 9.50 Å². The lowest BCUT2D eigenvalue weighted by Gasteiger charge is -2.31. The first-order chi connectivity index (χ1) is 9.22. The SMILES string of the molecule is NCC(CO)(CCc1cccs1)c1ccccc1F. The van der Waals surface area contributed by atoms with Gasteiger partial charge >= 0.3 is 0 Å². The summed E-state index contributed by atoms with van der Waals surface area (Å²) in [4.78, 5) is 1.22. The summed E-state index contributed by atoms with van der Waals surface area (Å²) in [5, 5.41) is 11.8. The molecule has 0 saturated heterocycles. The summed E-state index contributed by atoms with van der Waals surface area (Å²) in [5.41, 5.74) is 5.65. The first-order valence-electron chi connectivity index (χ1n) is 6.30. The molecule has 2 nitrogen and oxygen atoms in total. The average molecular weight is 279 g/mol. The number of rotatable bonds is 6. The Labute approximate surface area is 116 Å². The number of aryl methyl sites for hydroxylation is 1. The van der Waals surface area contributed by atoms with Crippen molar-refractivity contribution in [3.8, 4) is 0 Å². The number of aliphatic hydroxyl groups is 1. The smallest absolute Gasteiger partial charge is 0.127 e. The molecule has 0 fully saturated rings. The summed E-state index contributed by atoms with van der Waals surface area (Å²) in [5.74, 6) is -0.298. The molecule has 3 N–H and O–H groups in total.